The van der Waals surface area contributed by atoms with Gasteiger partial charge >= 0.3 is 0 Å². The van der Waals surface area contributed by atoms with Crippen LogP contribution >= 0.6 is 11.8 Å². The van der Waals surface area contributed by atoms with Crippen LogP contribution in [0.2, 0.25) is 0 Å². The molecule has 2 aromatic rings. The van der Waals surface area contributed by atoms with Crippen LogP contribution in [-0.4, -0.2) is 29.8 Å². The standard InChI is InChI=1S/C26H31N3O2S/c1-6-29-22-13-8-18(14-21(22)17(3)16-26(29,4)5)15-23-24(30)28-25(32-23)27-19-9-11-20(12-10-19)31-7-2/h8-15,17H,6-7,16H2,1-5H3,(H,27,28,30)/b23-15-/t17-/m1/s1. The SMILES string of the molecule is CCOc1ccc(N=C2NC(=O)/C(=C/c3ccc4c(c3)[C@H](C)CC(C)(C)N4CC)S2)cc1. The highest BCUT2D eigenvalue weighted by Crippen LogP contribution is 2.43. The topological polar surface area (TPSA) is 53.9 Å². The fourth-order valence-corrected chi connectivity index (χ4v) is 5.57. The van der Waals surface area contributed by atoms with E-state index < -0.39 is 0 Å². The Hall–Kier alpha value is -2.73. The molecule has 32 heavy (non-hydrogen) atoms. The average molecular weight is 450 g/mol. The molecular formula is C26H31N3O2S. The van der Waals surface area contributed by atoms with Gasteiger partial charge in [-0.05, 0) is 105 Å². The molecule has 5 nitrogen and oxygen atoms in total. The van der Waals surface area contributed by atoms with Crippen LogP contribution in [0.5, 0.6) is 5.75 Å². The highest BCUT2D eigenvalue weighted by atomic mass is 32.2. The molecule has 2 heterocycles. The number of thioether (sulfide) groups is 1. The van der Waals surface area contributed by atoms with Crippen molar-refractivity contribution in [2.24, 2.45) is 4.99 Å². The maximum atomic E-state index is 12.5. The van der Waals surface area contributed by atoms with Crippen molar-refractivity contribution >= 4 is 40.3 Å². The summed E-state index contributed by atoms with van der Waals surface area (Å²) in [5.74, 6) is 1.18. The first-order chi connectivity index (χ1) is 15.3. The number of carbonyl (C=O) groups is 1. The molecule has 0 aliphatic carbocycles. The molecule has 1 N–H and O–H groups in total. The van der Waals surface area contributed by atoms with Gasteiger partial charge in [0.05, 0.1) is 17.2 Å². The van der Waals surface area contributed by atoms with Gasteiger partial charge in [0.2, 0.25) is 0 Å². The van der Waals surface area contributed by atoms with E-state index >= 15 is 0 Å². The summed E-state index contributed by atoms with van der Waals surface area (Å²) in [5.41, 5.74) is 4.63. The lowest BCUT2D eigenvalue weighted by Crippen LogP contribution is -2.48. The van der Waals surface area contributed by atoms with Crippen molar-refractivity contribution in [3.05, 3.63) is 58.5 Å². The fraction of sp³-hybridized carbons (Fsp3) is 0.385. The zero-order valence-corrected chi connectivity index (χ0v) is 20.3. The van der Waals surface area contributed by atoms with Crippen molar-refractivity contribution in [3.63, 3.8) is 0 Å². The van der Waals surface area contributed by atoms with Gasteiger partial charge in [0, 0.05) is 17.8 Å². The van der Waals surface area contributed by atoms with E-state index in [0.717, 1.165) is 30.0 Å². The summed E-state index contributed by atoms with van der Waals surface area (Å²) in [6.07, 6.45) is 3.08. The number of anilines is 1. The number of carbonyl (C=O) groups excluding carboxylic acids is 1. The van der Waals surface area contributed by atoms with Crippen molar-refractivity contribution in [2.75, 3.05) is 18.1 Å². The molecule has 0 bridgehead atoms. The van der Waals surface area contributed by atoms with Crippen molar-refractivity contribution in [1.82, 2.24) is 5.32 Å². The van der Waals surface area contributed by atoms with Gasteiger partial charge in [-0.3, -0.25) is 4.79 Å². The molecule has 168 valence electrons. The molecule has 4 rings (SSSR count). The van der Waals surface area contributed by atoms with Gasteiger partial charge in [-0.25, -0.2) is 4.99 Å². The zero-order chi connectivity index (χ0) is 22.9. The average Bonchev–Trinajstić information content (AvgIpc) is 3.08. The molecule has 0 radical (unpaired) electrons. The van der Waals surface area contributed by atoms with Crippen LogP contribution in [0.15, 0.2) is 52.4 Å². The fourth-order valence-electron chi connectivity index (χ4n) is 4.73. The normalized spacial score (nSPS) is 22.2. The number of ether oxygens (including phenoxy) is 1. The molecule has 1 amide bonds. The Kier molecular flexibility index (Phi) is 6.33. The van der Waals surface area contributed by atoms with Gasteiger partial charge in [-0.15, -0.1) is 0 Å². The van der Waals surface area contributed by atoms with Gasteiger partial charge in [0.1, 0.15) is 5.75 Å². The van der Waals surface area contributed by atoms with Crippen molar-refractivity contribution < 1.29 is 9.53 Å². The van der Waals surface area contributed by atoms with Gasteiger partial charge in [0.25, 0.3) is 5.91 Å². The molecule has 2 aromatic carbocycles. The third-order valence-corrected chi connectivity index (χ3v) is 6.96. The highest BCUT2D eigenvalue weighted by molar-refractivity contribution is 8.18. The van der Waals surface area contributed by atoms with Crippen LogP contribution in [0, 0.1) is 0 Å². The number of hydrogen-bond acceptors (Lipinski definition) is 5. The highest BCUT2D eigenvalue weighted by Gasteiger charge is 2.35. The number of fused-ring (bicyclic) bond motifs is 1. The molecule has 0 unspecified atom stereocenters. The van der Waals surface area contributed by atoms with Gasteiger partial charge in [-0.2, -0.15) is 0 Å². The lowest BCUT2D eigenvalue weighted by molar-refractivity contribution is -0.115. The predicted octanol–water partition coefficient (Wildman–Crippen LogP) is 6.09. The zero-order valence-electron chi connectivity index (χ0n) is 19.4. The van der Waals surface area contributed by atoms with Crippen LogP contribution in [-0.2, 0) is 4.79 Å². The van der Waals surface area contributed by atoms with E-state index in [4.69, 9.17) is 4.74 Å². The molecule has 0 spiro atoms. The van der Waals surface area contributed by atoms with E-state index in [1.807, 2.05) is 37.3 Å². The number of amidine groups is 1. The summed E-state index contributed by atoms with van der Waals surface area (Å²) in [6.45, 7) is 12.7. The van der Waals surface area contributed by atoms with Crippen LogP contribution in [0.1, 0.15) is 58.1 Å². The first kappa shape index (κ1) is 22.5. The minimum Gasteiger partial charge on any atom is -0.494 e. The molecule has 6 heteroatoms. The Morgan fingerprint density at radius 1 is 1.22 bits per heavy atom. The smallest absolute Gasteiger partial charge is 0.264 e. The summed E-state index contributed by atoms with van der Waals surface area (Å²) in [5, 5.41) is 3.47. The predicted molar refractivity (Wildman–Crippen MR) is 135 cm³/mol. The van der Waals surface area contributed by atoms with E-state index in [0.29, 0.717) is 22.6 Å². The Morgan fingerprint density at radius 2 is 1.97 bits per heavy atom. The molecule has 0 saturated carbocycles. The monoisotopic (exact) mass is 449 g/mol. The van der Waals surface area contributed by atoms with E-state index in [-0.39, 0.29) is 11.4 Å². The number of nitrogens with one attached hydrogen (secondary N) is 1. The Morgan fingerprint density at radius 3 is 2.66 bits per heavy atom. The molecule has 2 aliphatic rings. The first-order valence-corrected chi connectivity index (χ1v) is 12.1. The van der Waals surface area contributed by atoms with Crippen molar-refractivity contribution in [3.8, 4) is 5.75 Å². The second-order valence-electron chi connectivity index (χ2n) is 8.89. The molecule has 0 aromatic heterocycles. The van der Waals surface area contributed by atoms with E-state index in [1.54, 1.807) is 0 Å². The summed E-state index contributed by atoms with van der Waals surface area (Å²) in [4.78, 5) is 20.3. The number of nitrogens with zero attached hydrogens (tertiary/aromatic N) is 2. The van der Waals surface area contributed by atoms with Gasteiger partial charge in [0.15, 0.2) is 5.17 Å². The number of rotatable bonds is 5. The lowest BCUT2D eigenvalue weighted by atomic mass is 9.79. The summed E-state index contributed by atoms with van der Waals surface area (Å²) in [6, 6.07) is 14.1. The summed E-state index contributed by atoms with van der Waals surface area (Å²) >= 11 is 1.37. The Bertz CT molecular complexity index is 1070. The minimum atomic E-state index is -0.109. The van der Waals surface area contributed by atoms with Gasteiger partial charge < -0.3 is 15.0 Å². The molecule has 2 aliphatic heterocycles. The second kappa shape index (κ2) is 9.02. The molecular weight excluding hydrogens is 418 g/mol. The summed E-state index contributed by atoms with van der Waals surface area (Å²) < 4.78 is 5.47. The second-order valence-corrected chi connectivity index (χ2v) is 9.92. The van der Waals surface area contributed by atoms with E-state index in [1.165, 1.54) is 23.0 Å². The van der Waals surface area contributed by atoms with Crippen molar-refractivity contribution in [1.29, 1.82) is 0 Å². The Balaban J connectivity index is 1.56. The molecule has 1 fully saturated rings. The Labute approximate surface area is 194 Å². The largest absolute Gasteiger partial charge is 0.494 e. The minimum absolute atomic E-state index is 0.109. The first-order valence-electron chi connectivity index (χ1n) is 11.2. The van der Waals surface area contributed by atoms with Gasteiger partial charge in [-0.1, -0.05) is 13.0 Å². The maximum absolute atomic E-state index is 12.5. The van der Waals surface area contributed by atoms with Crippen molar-refractivity contribution in [2.45, 2.75) is 52.5 Å². The third kappa shape index (κ3) is 4.56. The number of benzene rings is 2. The third-order valence-electron chi connectivity index (χ3n) is 6.05. The van der Waals surface area contributed by atoms with Crippen LogP contribution in [0.4, 0.5) is 11.4 Å². The summed E-state index contributed by atoms with van der Waals surface area (Å²) in [7, 11) is 0. The number of amides is 1. The van der Waals surface area contributed by atoms with Crippen LogP contribution in [0.25, 0.3) is 6.08 Å². The number of hydrogen-bond donors (Lipinski definition) is 1. The van der Waals surface area contributed by atoms with E-state index in [9.17, 15) is 4.79 Å². The number of aliphatic imine (C=N–C) groups is 1. The maximum Gasteiger partial charge on any atom is 0.264 e. The lowest BCUT2D eigenvalue weighted by Gasteiger charge is -2.47. The van der Waals surface area contributed by atoms with Crippen LogP contribution in [0.3, 0.4) is 0 Å². The molecule has 1 atom stereocenters. The molecule has 1 saturated heterocycles. The quantitative estimate of drug-likeness (QED) is 0.561. The van der Waals surface area contributed by atoms with Crippen LogP contribution < -0.4 is 15.0 Å². The van der Waals surface area contributed by atoms with E-state index in [2.05, 4.69) is 61.1 Å².